The topological polar surface area (TPSA) is 18.5 Å². The summed E-state index contributed by atoms with van der Waals surface area (Å²) in [6.45, 7) is 4.73. The Balaban J connectivity index is 2.31. The first-order chi connectivity index (χ1) is 6.72. The normalized spacial score (nSPS) is 12.5. The van der Waals surface area contributed by atoms with Crippen LogP contribution in [0.15, 0.2) is 18.2 Å². The number of benzene rings is 1. The minimum Gasteiger partial charge on any atom is -0.493 e. The van der Waals surface area contributed by atoms with Crippen molar-refractivity contribution in [2.75, 3.05) is 13.7 Å². The van der Waals surface area contributed by atoms with Gasteiger partial charge in [0, 0.05) is 13.5 Å². The van der Waals surface area contributed by atoms with E-state index >= 15 is 0 Å². The van der Waals surface area contributed by atoms with E-state index in [9.17, 15) is 0 Å². The molecule has 0 unspecified atom stereocenters. The van der Waals surface area contributed by atoms with Crippen molar-refractivity contribution in [1.82, 2.24) is 0 Å². The maximum atomic E-state index is 5.56. The predicted octanol–water partition coefficient (Wildman–Crippen LogP) is 2.60. The zero-order valence-corrected chi connectivity index (χ0v) is 9.04. The highest BCUT2D eigenvalue weighted by atomic mass is 16.5. The Morgan fingerprint density at radius 2 is 2.29 bits per heavy atom. The molecule has 0 bridgehead atoms. The van der Waals surface area contributed by atoms with Crippen molar-refractivity contribution in [3.8, 4) is 5.75 Å². The second-order valence-electron chi connectivity index (χ2n) is 3.39. The van der Waals surface area contributed by atoms with Crippen LogP contribution in [0.5, 0.6) is 5.75 Å². The highest BCUT2D eigenvalue weighted by Gasteiger charge is 1.99. The molecule has 0 heterocycles. The van der Waals surface area contributed by atoms with Gasteiger partial charge in [-0.1, -0.05) is 6.07 Å². The fraction of sp³-hybridized carbons (Fsp3) is 0.500. The number of ether oxygens (including phenoxy) is 2. The molecule has 0 aliphatic carbocycles. The third-order valence-electron chi connectivity index (χ3n) is 2.11. The molecule has 2 nitrogen and oxygen atoms in total. The monoisotopic (exact) mass is 193 g/mol. The molecule has 14 heavy (non-hydrogen) atoms. The van der Waals surface area contributed by atoms with Gasteiger partial charge < -0.3 is 9.47 Å². The van der Waals surface area contributed by atoms with Crippen LogP contribution in [0.25, 0.3) is 0 Å². The van der Waals surface area contributed by atoms with Crippen molar-refractivity contribution in [2.45, 2.75) is 26.4 Å². The molecule has 0 amide bonds. The van der Waals surface area contributed by atoms with Crippen molar-refractivity contribution in [3.63, 3.8) is 0 Å². The molecule has 0 aliphatic heterocycles. The van der Waals surface area contributed by atoms with E-state index in [-0.39, 0.29) is 6.10 Å². The summed E-state index contributed by atoms with van der Waals surface area (Å²) in [5.41, 5.74) is 1.10. The predicted molar refractivity (Wildman–Crippen MR) is 56.6 cm³/mol. The number of hydrogen-bond acceptors (Lipinski definition) is 2. The van der Waals surface area contributed by atoms with E-state index in [1.807, 2.05) is 32.0 Å². The van der Waals surface area contributed by atoms with Crippen LogP contribution >= 0.6 is 0 Å². The summed E-state index contributed by atoms with van der Waals surface area (Å²) in [5.74, 6) is 0.907. The summed E-state index contributed by atoms with van der Waals surface area (Å²) in [4.78, 5) is 0. The fourth-order valence-corrected chi connectivity index (χ4v) is 1.11. The minimum atomic E-state index is 0.256. The Labute approximate surface area is 85.8 Å². The summed E-state index contributed by atoms with van der Waals surface area (Å²) in [6, 6.07) is 8.86. The van der Waals surface area contributed by atoms with Crippen LogP contribution in [0.2, 0.25) is 0 Å². The van der Waals surface area contributed by atoms with Crippen molar-refractivity contribution in [2.24, 2.45) is 0 Å². The molecule has 0 N–H and O–H groups in total. The number of rotatable bonds is 5. The van der Waals surface area contributed by atoms with Gasteiger partial charge in [-0.05, 0) is 37.6 Å². The third kappa shape index (κ3) is 3.79. The Morgan fingerprint density at radius 1 is 1.50 bits per heavy atom. The first-order valence-electron chi connectivity index (χ1n) is 4.86. The maximum absolute atomic E-state index is 5.56. The first kappa shape index (κ1) is 11.1. The third-order valence-corrected chi connectivity index (χ3v) is 2.11. The van der Waals surface area contributed by atoms with Gasteiger partial charge in [0.15, 0.2) is 0 Å². The molecule has 0 saturated heterocycles. The number of aryl methyl sites for hydroxylation is 1. The lowest BCUT2D eigenvalue weighted by Crippen LogP contribution is -2.10. The lowest BCUT2D eigenvalue weighted by atomic mass is 10.2. The molecule has 1 aromatic rings. The van der Waals surface area contributed by atoms with Gasteiger partial charge >= 0.3 is 0 Å². The zero-order valence-electron chi connectivity index (χ0n) is 9.04. The molecule has 0 fully saturated rings. The molecule has 1 aromatic carbocycles. The summed E-state index contributed by atoms with van der Waals surface area (Å²) in [7, 11) is 1.71. The average molecular weight is 193 g/mol. The number of methoxy groups -OCH3 is 1. The smallest absolute Gasteiger partial charge is 0.119 e. The Morgan fingerprint density at radius 3 is 2.93 bits per heavy atom. The summed E-state index contributed by atoms with van der Waals surface area (Å²) < 4.78 is 10.7. The fourth-order valence-electron chi connectivity index (χ4n) is 1.11. The second kappa shape index (κ2) is 5.66. The zero-order chi connectivity index (χ0) is 10.4. The Hall–Kier alpha value is -1.02. The van der Waals surface area contributed by atoms with Crippen LogP contribution in [0, 0.1) is 13.0 Å². The van der Waals surface area contributed by atoms with E-state index in [0.29, 0.717) is 6.61 Å². The van der Waals surface area contributed by atoms with Crippen molar-refractivity contribution >= 4 is 0 Å². The lowest BCUT2D eigenvalue weighted by Gasteiger charge is -2.10. The standard InChI is InChI=1S/C12H17O2/c1-10-5-4-6-12(9-10)14-8-7-11(2)13-3/h4,6,9,11H,7-8H2,1-3H3/t11-/m0/s1. The second-order valence-corrected chi connectivity index (χ2v) is 3.39. The van der Waals surface area contributed by atoms with Gasteiger partial charge in [0.1, 0.15) is 5.75 Å². The van der Waals surface area contributed by atoms with Gasteiger partial charge in [0.25, 0.3) is 0 Å². The molecule has 0 aliphatic rings. The molecule has 0 spiro atoms. The molecule has 0 saturated carbocycles. The molecule has 77 valence electrons. The van der Waals surface area contributed by atoms with Crippen LogP contribution in [0.4, 0.5) is 0 Å². The van der Waals surface area contributed by atoms with Crippen LogP contribution < -0.4 is 4.74 Å². The molecule has 2 heteroatoms. The van der Waals surface area contributed by atoms with E-state index in [0.717, 1.165) is 17.7 Å². The molecule has 1 radical (unpaired) electrons. The van der Waals surface area contributed by atoms with Crippen molar-refractivity contribution in [3.05, 3.63) is 29.8 Å². The minimum absolute atomic E-state index is 0.256. The quantitative estimate of drug-likeness (QED) is 0.715. The highest BCUT2D eigenvalue weighted by molar-refractivity contribution is 5.26. The summed E-state index contributed by atoms with van der Waals surface area (Å²) in [6.07, 6.45) is 1.17. The van der Waals surface area contributed by atoms with Crippen molar-refractivity contribution in [1.29, 1.82) is 0 Å². The van der Waals surface area contributed by atoms with Gasteiger partial charge in [-0.3, -0.25) is 0 Å². The Kier molecular flexibility index (Phi) is 4.47. The SMILES string of the molecule is CO[C@@H](C)CCOc1cc[c]c(C)c1. The number of hydrogen-bond donors (Lipinski definition) is 0. The van der Waals surface area contributed by atoms with Gasteiger partial charge in [-0.15, -0.1) is 0 Å². The maximum Gasteiger partial charge on any atom is 0.119 e. The van der Waals surface area contributed by atoms with Gasteiger partial charge in [0.05, 0.1) is 12.7 Å². The van der Waals surface area contributed by atoms with E-state index in [1.165, 1.54) is 0 Å². The van der Waals surface area contributed by atoms with Gasteiger partial charge in [-0.25, -0.2) is 0 Å². The van der Waals surface area contributed by atoms with Crippen molar-refractivity contribution < 1.29 is 9.47 Å². The van der Waals surface area contributed by atoms with E-state index in [2.05, 4.69) is 6.07 Å². The molecular formula is C12H17O2. The molecule has 0 aromatic heterocycles. The molecule has 1 atom stereocenters. The van der Waals surface area contributed by atoms with Crippen LogP contribution in [0.3, 0.4) is 0 Å². The van der Waals surface area contributed by atoms with Crippen LogP contribution in [-0.4, -0.2) is 19.8 Å². The summed E-state index contributed by atoms with van der Waals surface area (Å²) >= 11 is 0. The lowest BCUT2D eigenvalue weighted by molar-refractivity contribution is 0.0955. The van der Waals surface area contributed by atoms with E-state index in [1.54, 1.807) is 7.11 Å². The van der Waals surface area contributed by atoms with E-state index in [4.69, 9.17) is 9.47 Å². The van der Waals surface area contributed by atoms with Gasteiger partial charge in [0.2, 0.25) is 0 Å². The Bertz CT molecular complexity index is 271. The highest BCUT2D eigenvalue weighted by Crippen LogP contribution is 2.12. The first-order valence-corrected chi connectivity index (χ1v) is 4.86. The largest absolute Gasteiger partial charge is 0.493 e. The molecular weight excluding hydrogens is 176 g/mol. The van der Waals surface area contributed by atoms with Crippen LogP contribution in [-0.2, 0) is 4.74 Å². The molecule has 1 rings (SSSR count). The van der Waals surface area contributed by atoms with Crippen LogP contribution in [0.1, 0.15) is 18.9 Å². The van der Waals surface area contributed by atoms with Gasteiger partial charge in [-0.2, -0.15) is 0 Å². The summed E-state index contributed by atoms with van der Waals surface area (Å²) in [5, 5.41) is 0. The van der Waals surface area contributed by atoms with E-state index < -0.39 is 0 Å². The average Bonchev–Trinajstić information content (AvgIpc) is 2.17.